The first-order valence-corrected chi connectivity index (χ1v) is 7.18. The molecule has 0 spiro atoms. The van der Waals surface area contributed by atoms with E-state index in [4.69, 9.17) is 0 Å². The van der Waals surface area contributed by atoms with Gasteiger partial charge in [0, 0.05) is 11.3 Å². The van der Waals surface area contributed by atoms with Crippen molar-refractivity contribution in [1.82, 2.24) is 30.8 Å². The number of nitrogens with one attached hydrogen (secondary N) is 2. The summed E-state index contributed by atoms with van der Waals surface area (Å²) < 4.78 is 0. The minimum absolute atomic E-state index is 0.530. The van der Waals surface area contributed by atoms with E-state index in [1.54, 1.807) is 0 Å². The largest absolute Gasteiger partial charge is 0.282 e. The number of benzene rings is 1. The van der Waals surface area contributed by atoms with Crippen molar-refractivity contribution < 1.29 is 0 Å². The van der Waals surface area contributed by atoms with Crippen molar-refractivity contribution in [2.45, 2.75) is 32.1 Å². The predicted molar refractivity (Wildman–Crippen MR) is 77.7 cm³/mol. The van der Waals surface area contributed by atoms with Gasteiger partial charge in [-0.2, -0.15) is 10.3 Å². The van der Waals surface area contributed by atoms with Crippen LogP contribution >= 0.6 is 0 Å². The summed E-state index contributed by atoms with van der Waals surface area (Å²) in [6.45, 7) is 2.18. The van der Waals surface area contributed by atoms with E-state index in [-0.39, 0.29) is 0 Å². The summed E-state index contributed by atoms with van der Waals surface area (Å²) in [6.07, 6.45) is 3.13. The van der Waals surface area contributed by atoms with Crippen molar-refractivity contribution in [2.24, 2.45) is 0 Å². The van der Waals surface area contributed by atoms with Gasteiger partial charge in [0.15, 0.2) is 0 Å². The molecule has 1 aliphatic carbocycles. The Morgan fingerprint density at radius 2 is 2.10 bits per heavy atom. The number of aromatic nitrogens is 6. The number of aromatic amines is 2. The van der Waals surface area contributed by atoms with Crippen LogP contribution in [0, 0.1) is 6.92 Å². The number of aryl methyl sites for hydroxylation is 2. The number of hydrogen-bond donors (Lipinski definition) is 2. The SMILES string of the molecule is Cc1ccccc1C1CCc2[nH]nc(-c3nn[nH]n3)c2C1. The number of rotatable bonds is 2. The Balaban J connectivity index is 1.72. The molecule has 2 heterocycles. The fraction of sp³-hybridized carbons (Fsp3) is 0.333. The molecule has 0 saturated carbocycles. The molecule has 1 atom stereocenters. The zero-order valence-corrected chi connectivity index (χ0v) is 11.8. The molecular weight excluding hydrogens is 264 g/mol. The summed E-state index contributed by atoms with van der Waals surface area (Å²) in [5.74, 6) is 1.10. The van der Waals surface area contributed by atoms with Crippen molar-refractivity contribution in [1.29, 1.82) is 0 Å². The Bertz CT molecular complexity index is 758. The summed E-state index contributed by atoms with van der Waals surface area (Å²) in [4.78, 5) is 0. The summed E-state index contributed by atoms with van der Waals surface area (Å²) in [5, 5.41) is 21.7. The quantitative estimate of drug-likeness (QED) is 0.753. The fourth-order valence-electron chi connectivity index (χ4n) is 3.25. The Hall–Kier alpha value is -2.50. The normalized spacial score (nSPS) is 17.7. The number of tetrazole rings is 1. The first-order chi connectivity index (χ1) is 10.3. The zero-order chi connectivity index (χ0) is 14.2. The van der Waals surface area contributed by atoms with Gasteiger partial charge in [-0.25, -0.2) is 0 Å². The van der Waals surface area contributed by atoms with E-state index in [0.29, 0.717) is 11.7 Å². The zero-order valence-electron chi connectivity index (χ0n) is 11.8. The van der Waals surface area contributed by atoms with Crippen LogP contribution in [-0.4, -0.2) is 30.8 Å². The highest BCUT2D eigenvalue weighted by atomic mass is 15.5. The fourth-order valence-corrected chi connectivity index (χ4v) is 3.25. The Kier molecular flexibility index (Phi) is 2.80. The Labute approximate surface area is 122 Å². The van der Waals surface area contributed by atoms with Crippen molar-refractivity contribution in [3.8, 4) is 11.5 Å². The molecule has 0 saturated heterocycles. The lowest BCUT2D eigenvalue weighted by molar-refractivity contribution is 0.577. The molecule has 1 aliphatic rings. The van der Waals surface area contributed by atoms with Gasteiger partial charge in [-0.1, -0.05) is 24.3 Å². The highest BCUT2D eigenvalue weighted by molar-refractivity contribution is 5.56. The Morgan fingerprint density at radius 1 is 1.19 bits per heavy atom. The van der Waals surface area contributed by atoms with Crippen molar-refractivity contribution >= 4 is 0 Å². The third-order valence-electron chi connectivity index (χ3n) is 4.33. The third kappa shape index (κ3) is 2.03. The molecule has 2 N–H and O–H groups in total. The van der Waals surface area contributed by atoms with Gasteiger partial charge >= 0.3 is 0 Å². The summed E-state index contributed by atoms with van der Waals surface area (Å²) in [7, 11) is 0. The lowest BCUT2D eigenvalue weighted by Crippen LogP contribution is -2.13. The molecule has 0 bridgehead atoms. The number of hydrogen-bond acceptors (Lipinski definition) is 4. The van der Waals surface area contributed by atoms with Crippen LogP contribution in [-0.2, 0) is 12.8 Å². The van der Waals surface area contributed by atoms with Crippen molar-refractivity contribution in [3.63, 3.8) is 0 Å². The van der Waals surface area contributed by atoms with Crippen LogP contribution in [0.1, 0.15) is 34.7 Å². The topological polar surface area (TPSA) is 83.1 Å². The van der Waals surface area contributed by atoms with Gasteiger partial charge in [0.25, 0.3) is 0 Å². The van der Waals surface area contributed by atoms with E-state index < -0.39 is 0 Å². The molecule has 106 valence electrons. The predicted octanol–water partition coefficient (Wildman–Crippen LogP) is 2.17. The second kappa shape index (κ2) is 4.80. The maximum atomic E-state index is 4.38. The van der Waals surface area contributed by atoms with Crippen LogP contribution in [0.2, 0.25) is 0 Å². The molecule has 1 aromatic carbocycles. The molecule has 0 aliphatic heterocycles. The van der Waals surface area contributed by atoms with E-state index in [1.807, 2.05) is 0 Å². The monoisotopic (exact) mass is 280 g/mol. The van der Waals surface area contributed by atoms with Crippen LogP contribution in [0.3, 0.4) is 0 Å². The number of fused-ring (bicyclic) bond motifs is 1. The maximum Gasteiger partial charge on any atom is 0.225 e. The molecule has 6 heteroatoms. The second-order valence-electron chi connectivity index (χ2n) is 5.56. The van der Waals surface area contributed by atoms with Crippen molar-refractivity contribution in [2.75, 3.05) is 0 Å². The standard InChI is InChI=1S/C15H16N6/c1-9-4-2-3-5-11(9)10-6-7-13-12(8-10)14(17-16-13)15-18-20-21-19-15/h2-5,10H,6-8H2,1H3,(H,16,17)(H,18,19,20,21). The van der Waals surface area contributed by atoms with E-state index >= 15 is 0 Å². The van der Waals surface area contributed by atoms with Crippen LogP contribution < -0.4 is 0 Å². The molecule has 3 aromatic rings. The highest BCUT2D eigenvalue weighted by Crippen LogP contribution is 2.36. The number of nitrogens with zero attached hydrogens (tertiary/aromatic N) is 4. The van der Waals surface area contributed by atoms with E-state index in [2.05, 4.69) is 62.0 Å². The molecule has 0 fully saturated rings. The van der Waals surface area contributed by atoms with Gasteiger partial charge < -0.3 is 0 Å². The van der Waals surface area contributed by atoms with Crippen LogP contribution in [0.4, 0.5) is 0 Å². The Morgan fingerprint density at radius 3 is 2.90 bits per heavy atom. The molecule has 0 amide bonds. The molecule has 0 radical (unpaired) electrons. The van der Waals surface area contributed by atoms with Gasteiger partial charge in [0.1, 0.15) is 5.69 Å². The van der Waals surface area contributed by atoms with Gasteiger partial charge in [-0.3, -0.25) is 5.10 Å². The van der Waals surface area contributed by atoms with E-state index in [9.17, 15) is 0 Å². The smallest absolute Gasteiger partial charge is 0.225 e. The van der Waals surface area contributed by atoms with Gasteiger partial charge in [-0.05, 0) is 48.4 Å². The van der Waals surface area contributed by atoms with Gasteiger partial charge in [-0.15, -0.1) is 10.2 Å². The first-order valence-electron chi connectivity index (χ1n) is 7.18. The van der Waals surface area contributed by atoms with Crippen LogP contribution in [0.25, 0.3) is 11.5 Å². The first kappa shape index (κ1) is 12.3. The molecule has 21 heavy (non-hydrogen) atoms. The summed E-state index contributed by atoms with van der Waals surface area (Å²) >= 11 is 0. The van der Waals surface area contributed by atoms with Crippen molar-refractivity contribution in [3.05, 3.63) is 46.6 Å². The van der Waals surface area contributed by atoms with E-state index in [0.717, 1.165) is 25.0 Å². The van der Waals surface area contributed by atoms with Crippen LogP contribution in [0.5, 0.6) is 0 Å². The maximum absolute atomic E-state index is 4.38. The summed E-state index contributed by atoms with van der Waals surface area (Å²) in [5.41, 5.74) is 6.06. The molecular formula is C15H16N6. The molecule has 1 unspecified atom stereocenters. The minimum atomic E-state index is 0.530. The average Bonchev–Trinajstić information content (AvgIpc) is 3.16. The highest BCUT2D eigenvalue weighted by Gasteiger charge is 2.27. The minimum Gasteiger partial charge on any atom is -0.282 e. The van der Waals surface area contributed by atoms with Gasteiger partial charge in [0.05, 0.1) is 0 Å². The lowest BCUT2D eigenvalue weighted by Gasteiger charge is -2.24. The van der Waals surface area contributed by atoms with Crippen LogP contribution in [0.15, 0.2) is 24.3 Å². The second-order valence-corrected chi connectivity index (χ2v) is 5.56. The summed E-state index contributed by atoms with van der Waals surface area (Å²) in [6, 6.07) is 8.63. The number of H-pyrrole nitrogens is 2. The molecule has 2 aromatic heterocycles. The van der Waals surface area contributed by atoms with Gasteiger partial charge in [0.2, 0.25) is 5.82 Å². The average molecular weight is 280 g/mol. The lowest BCUT2D eigenvalue weighted by atomic mass is 9.80. The third-order valence-corrected chi connectivity index (χ3v) is 4.33. The molecule has 4 rings (SSSR count). The molecule has 6 nitrogen and oxygen atoms in total. The van der Waals surface area contributed by atoms with E-state index in [1.165, 1.54) is 22.4 Å².